The molecule has 134 valence electrons. The van der Waals surface area contributed by atoms with Gasteiger partial charge in [-0.2, -0.15) is 0 Å². The minimum absolute atomic E-state index is 0.0550. The highest BCUT2D eigenvalue weighted by Crippen LogP contribution is 2.23. The van der Waals surface area contributed by atoms with E-state index in [1.807, 2.05) is 20.8 Å². The monoisotopic (exact) mass is 360 g/mol. The molecule has 1 amide bonds. The third kappa shape index (κ3) is 4.02. The Morgan fingerprint density at radius 3 is 1.92 bits per heavy atom. The van der Waals surface area contributed by atoms with Crippen molar-refractivity contribution in [1.29, 1.82) is 0 Å². The number of anilines is 1. The fourth-order valence-corrected chi connectivity index (χ4v) is 3.71. The minimum Gasteiger partial charge on any atom is -0.339 e. The number of amides is 1. The molecule has 0 atom stereocenters. The van der Waals surface area contributed by atoms with E-state index in [0.717, 1.165) is 5.56 Å². The molecule has 0 unspecified atom stereocenters. The van der Waals surface area contributed by atoms with Crippen LogP contribution in [0.3, 0.4) is 0 Å². The van der Waals surface area contributed by atoms with Crippen molar-refractivity contribution in [2.45, 2.75) is 25.7 Å². The van der Waals surface area contributed by atoms with Gasteiger partial charge in [0.25, 0.3) is 15.9 Å². The first-order valence-corrected chi connectivity index (χ1v) is 9.70. The fourth-order valence-electron chi connectivity index (χ4n) is 2.51. The van der Waals surface area contributed by atoms with Gasteiger partial charge in [-0.3, -0.25) is 9.10 Å². The molecule has 0 heterocycles. The predicted molar refractivity (Wildman–Crippen MR) is 100 cm³/mol. The SMILES string of the molecule is CCN(CC)C(=O)c1ccc(N(C)S(=O)(=O)c2ccc(C)cc2)cc1. The molecular formula is C19H24N2O3S. The smallest absolute Gasteiger partial charge is 0.264 e. The molecule has 0 radical (unpaired) electrons. The van der Waals surface area contributed by atoms with Crippen molar-refractivity contribution in [1.82, 2.24) is 4.90 Å². The van der Waals surface area contributed by atoms with E-state index in [4.69, 9.17) is 0 Å². The molecule has 0 aromatic heterocycles. The lowest BCUT2D eigenvalue weighted by molar-refractivity contribution is 0.0773. The molecule has 2 aromatic carbocycles. The van der Waals surface area contributed by atoms with Crippen LogP contribution in [0.15, 0.2) is 53.4 Å². The molecular weight excluding hydrogens is 336 g/mol. The Morgan fingerprint density at radius 2 is 1.44 bits per heavy atom. The van der Waals surface area contributed by atoms with Crippen molar-refractivity contribution in [2.24, 2.45) is 0 Å². The van der Waals surface area contributed by atoms with Crippen LogP contribution in [0.25, 0.3) is 0 Å². The highest BCUT2D eigenvalue weighted by atomic mass is 32.2. The Hall–Kier alpha value is -2.34. The molecule has 0 aliphatic carbocycles. The van der Waals surface area contributed by atoms with Gasteiger partial charge >= 0.3 is 0 Å². The second kappa shape index (κ2) is 7.70. The highest BCUT2D eigenvalue weighted by molar-refractivity contribution is 7.92. The summed E-state index contributed by atoms with van der Waals surface area (Å²) in [7, 11) is -2.12. The Bertz CT molecular complexity index is 824. The van der Waals surface area contributed by atoms with E-state index in [0.29, 0.717) is 24.3 Å². The first-order valence-electron chi connectivity index (χ1n) is 8.26. The Kier molecular flexibility index (Phi) is 5.85. The van der Waals surface area contributed by atoms with Crippen molar-refractivity contribution in [3.05, 3.63) is 59.7 Å². The number of hydrogen-bond acceptors (Lipinski definition) is 3. The van der Waals surface area contributed by atoms with E-state index in [-0.39, 0.29) is 10.8 Å². The number of nitrogens with zero attached hydrogens (tertiary/aromatic N) is 2. The van der Waals surface area contributed by atoms with Crippen LogP contribution in [0.5, 0.6) is 0 Å². The van der Waals surface area contributed by atoms with Gasteiger partial charge in [0.05, 0.1) is 10.6 Å². The number of aryl methyl sites for hydroxylation is 1. The Balaban J connectivity index is 2.27. The van der Waals surface area contributed by atoms with Gasteiger partial charge < -0.3 is 4.90 Å². The summed E-state index contributed by atoms with van der Waals surface area (Å²) in [5, 5.41) is 0. The van der Waals surface area contributed by atoms with Crippen molar-refractivity contribution in [3.8, 4) is 0 Å². The van der Waals surface area contributed by atoms with Crippen molar-refractivity contribution in [3.63, 3.8) is 0 Å². The lowest BCUT2D eigenvalue weighted by Crippen LogP contribution is -2.30. The molecule has 0 aliphatic heterocycles. The zero-order valence-electron chi connectivity index (χ0n) is 15.1. The summed E-state index contributed by atoms with van der Waals surface area (Å²) in [5.41, 5.74) is 2.06. The van der Waals surface area contributed by atoms with Gasteiger partial charge in [-0.1, -0.05) is 17.7 Å². The average Bonchev–Trinajstić information content (AvgIpc) is 2.62. The molecule has 2 rings (SSSR count). The second-order valence-corrected chi connectivity index (χ2v) is 7.78. The van der Waals surface area contributed by atoms with Crippen LogP contribution in [-0.4, -0.2) is 39.4 Å². The van der Waals surface area contributed by atoms with E-state index in [9.17, 15) is 13.2 Å². The number of carbonyl (C=O) groups excluding carboxylic acids is 1. The van der Waals surface area contributed by atoms with E-state index >= 15 is 0 Å². The first-order chi connectivity index (χ1) is 11.8. The van der Waals surface area contributed by atoms with Gasteiger partial charge in [0.15, 0.2) is 0 Å². The van der Waals surface area contributed by atoms with E-state index < -0.39 is 10.0 Å². The summed E-state index contributed by atoms with van der Waals surface area (Å²) in [4.78, 5) is 14.3. The summed E-state index contributed by atoms with van der Waals surface area (Å²) in [5.74, 6) is -0.0550. The van der Waals surface area contributed by atoms with Gasteiger partial charge in [0.1, 0.15) is 0 Å². The summed E-state index contributed by atoms with van der Waals surface area (Å²) >= 11 is 0. The van der Waals surface area contributed by atoms with Crippen LogP contribution < -0.4 is 4.31 Å². The highest BCUT2D eigenvalue weighted by Gasteiger charge is 2.21. The van der Waals surface area contributed by atoms with Gasteiger partial charge in [-0.15, -0.1) is 0 Å². The topological polar surface area (TPSA) is 57.7 Å². The van der Waals surface area contributed by atoms with Gasteiger partial charge in [-0.05, 0) is 57.2 Å². The molecule has 0 aliphatic rings. The van der Waals surface area contributed by atoms with Crippen LogP contribution in [0.2, 0.25) is 0 Å². The van der Waals surface area contributed by atoms with Crippen molar-refractivity contribution in [2.75, 3.05) is 24.4 Å². The molecule has 2 aromatic rings. The second-order valence-electron chi connectivity index (χ2n) is 5.81. The number of hydrogen-bond donors (Lipinski definition) is 0. The normalized spacial score (nSPS) is 11.2. The van der Waals surface area contributed by atoms with Crippen LogP contribution >= 0.6 is 0 Å². The van der Waals surface area contributed by atoms with Crippen molar-refractivity contribution >= 4 is 21.6 Å². The largest absolute Gasteiger partial charge is 0.339 e. The quantitative estimate of drug-likeness (QED) is 0.794. The zero-order chi connectivity index (χ0) is 18.6. The molecule has 0 N–H and O–H groups in total. The maximum Gasteiger partial charge on any atom is 0.264 e. The van der Waals surface area contributed by atoms with Crippen LogP contribution in [0.1, 0.15) is 29.8 Å². The summed E-state index contributed by atoms with van der Waals surface area (Å²) in [6.07, 6.45) is 0. The third-order valence-corrected chi connectivity index (χ3v) is 6.01. The van der Waals surface area contributed by atoms with Gasteiger partial charge in [-0.25, -0.2) is 8.42 Å². The number of rotatable bonds is 6. The summed E-state index contributed by atoms with van der Waals surface area (Å²) < 4.78 is 26.7. The molecule has 25 heavy (non-hydrogen) atoms. The molecule has 0 saturated carbocycles. The molecule has 6 heteroatoms. The number of carbonyl (C=O) groups is 1. The molecule has 5 nitrogen and oxygen atoms in total. The fraction of sp³-hybridized carbons (Fsp3) is 0.316. The number of sulfonamides is 1. The van der Waals surface area contributed by atoms with Crippen molar-refractivity contribution < 1.29 is 13.2 Å². The molecule has 0 bridgehead atoms. The molecule has 0 saturated heterocycles. The van der Waals surface area contributed by atoms with Gasteiger partial charge in [0, 0.05) is 25.7 Å². The van der Waals surface area contributed by atoms with Gasteiger partial charge in [0.2, 0.25) is 0 Å². The Morgan fingerprint density at radius 1 is 0.920 bits per heavy atom. The lowest BCUT2D eigenvalue weighted by atomic mass is 10.2. The maximum atomic E-state index is 12.7. The lowest BCUT2D eigenvalue weighted by Gasteiger charge is -2.21. The minimum atomic E-state index is -3.63. The van der Waals surface area contributed by atoms with E-state index in [1.54, 1.807) is 53.4 Å². The van der Waals surface area contributed by atoms with Crippen LogP contribution in [0.4, 0.5) is 5.69 Å². The molecule has 0 fully saturated rings. The first kappa shape index (κ1) is 19.0. The summed E-state index contributed by atoms with van der Waals surface area (Å²) in [6.45, 7) is 7.04. The van der Waals surface area contributed by atoms with E-state index in [2.05, 4.69) is 0 Å². The van der Waals surface area contributed by atoms with Crippen LogP contribution in [-0.2, 0) is 10.0 Å². The maximum absolute atomic E-state index is 12.7. The standard InChI is InChI=1S/C19H24N2O3S/c1-5-21(6-2)19(22)16-9-11-17(12-10-16)20(4)25(23,24)18-13-7-15(3)8-14-18/h7-14H,5-6H2,1-4H3. The average molecular weight is 360 g/mol. The summed E-state index contributed by atoms with van der Waals surface area (Å²) in [6, 6.07) is 13.4. The zero-order valence-corrected chi connectivity index (χ0v) is 15.9. The predicted octanol–water partition coefficient (Wildman–Crippen LogP) is 3.30. The third-order valence-electron chi connectivity index (χ3n) is 4.21. The number of benzene rings is 2. The van der Waals surface area contributed by atoms with Crippen LogP contribution in [0, 0.1) is 6.92 Å². The van der Waals surface area contributed by atoms with E-state index in [1.165, 1.54) is 11.4 Å². The Labute approximate surface area is 149 Å². The molecule has 0 spiro atoms.